The Morgan fingerprint density at radius 1 is 1.69 bits per heavy atom. The molecule has 2 rings (SSSR count). The van der Waals surface area contributed by atoms with Gasteiger partial charge in [-0.2, -0.15) is 5.10 Å². The molecule has 0 radical (unpaired) electrons. The molecular formula is C8H11N3O2. The molecule has 0 aromatic heterocycles. The first kappa shape index (κ1) is 8.22. The highest BCUT2D eigenvalue weighted by atomic mass is 16.2. The Labute approximate surface area is 75.6 Å². The number of rotatable bonds is 2. The van der Waals surface area contributed by atoms with Crippen LogP contribution in [0.3, 0.4) is 0 Å². The van der Waals surface area contributed by atoms with Gasteiger partial charge in [-0.3, -0.25) is 9.59 Å². The summed E-state index contributed by atoms with van der Waals surface area (Å²) in [7, 11) is 0. The Hall–Kier alpha value is -1.39. The van der Waals surface area contributed by atoms with Crippen molar-refractivity contribution in [1.29, 1.82) is 0 Å². The molecule has 2 amide bonds. The fourth-order valence-electron chi connectivity index (χ4n) is 1.27. The summed E-state index contributed by atoms with van der Waals surface area (Å²) in [4.78, 5) is 22.1. The minimum absolute atomic E-state index is 0.104. The molecule has 0 spiro atoms. The average molecular weight is 181 g/mol. The smallest absolute Gasteiger partial charge is 0.268 e. The van der Waals surface area contributed by atoms with Gasteiger partial charge in [-0.25, -0.2) is 5.43 Å². The minimum atomic E-state index is -0.215. The predicted molar refractivity (Wildman–Crippen MR) is 45.9 cm³/mol. The Balaban J connectivity index is 1.87. The zero-order valence-corrected chi connectivity index (χ0v) is 7.33. The van der Waals surface area contributed by atoms with Gasteiger partial charge in [-0.15, -0.1) is 0 Å². The van der Waals surface area contributed by atoms with Crippen LogP contribution in [0.15, 0.2) is 5.10 Å². The minimum Gasteiger partial charge on any atom is -0.348 e. The Kier molecular flexibility index (Phi) is 1.79. The van der Waals surface area contributed by atoms with E-state index in [0.717, 1.165) is 6.42 Å². The standard InChI is InChI=1S/C8H11N3O2/c1-4-2-5(4)9-8(13)6-3-7(12)11-10-6/h4-5H,2-3H2,1H3,(H,9,13)(H,11,12). The molecule has 2 atom stereocenters. The first-order valence-electron chi connectivity index (χ1n) is 4.33. The molecule has 0 bridgehead atoms. The average Bonchev–Trinajstić information content (AvgIpc) is 2.62. The third kappa shape index (κ3) is 1.68. The van der Waals surface area contributed by atoms with Crippen LogP contribution >= 0.6 is 0 Å². The summed E-state index contributed by atoms with van der Waals surface area (Å²) in [6.07, 6.45) is 1.13. The van der Waals surface area contributed by atoms with Gasteiger partial charge in [0.25, 0.3) is 5.91 Å². The molecule has 0 saturated heterocycles. The van der Waals surface area contributed by atoms with Gasteiger partial charge in [-0.05, 0) is 12.3 Å². The fraction of sp³-hybridized carbons (Fsp3) is 0.625. The number of nitrogens with zero attached hydrogens (tertiary/aromatic N) is 1. The molecule has 1 saturated carbocycles. The van der Waals surface area contributed by atoms with Crippen LogP contribution in [0.2, 0.25) is 0 Å². The monoisotopic (exact) mass is 181 g/mol. The maximum absolute atomic E-state index is 11.4. The first-order valence-corrected chi connectivity index (χ1v) is 4.33. The summed E-state index contributed by atoms with van der Waals surface area (Å²) in [6.45, 7) is 2.07. The van der Waals surface area contributed by atoms with Crippen LogP contribution < -0.4 is 10.7 Å². The Morgan fingerprint density at radius 2 is 2.38 bits per heavy atom. The molecule has 70 valence electrons. The Bertz CT molecular complexity index is 298. The molecule has 0 aromatic rings. The van der Waals surface area contributed by atoms with E-state index >= 15 is 0 Å². The van der Waals surface area contributed by atoms with E-state index < -0.39 is 0 Å². The highest BCUT2D eigenvalue weighted by molar-refractivity contribution is 6.43. The molecular weight excluding hydrogens is 170 g/mol. The van der Waals surface area contributed by atoms with Gasteiger partial charge in [0.2, 0.25) is 5.91 Å². The van der Waals surface area contributed by atoms with Gasteiger partial charge in [0.15, 0.2) is 0 Å². The number of hydrazone groups is 1. The number of carbonyl (C=O) groups excluding carboxylic acids is 2. The summed E-state index contributed by atoms with van der Waals surface area (Å²) in [5.74, 6) is 0.135. The molecule has 2 aliphatic rings. The molecule has 2 N–H and O–H groups in total. The molecule has 2 unspecified atom stereocenters. The van der Waals surface area contributed by atoms with E-state index in [9.17, 15) is 9.59 Å². The van der Waals surface area contributed by atoms with Crippen molar-refractivity contribution in [2.45, 2.75) is 25.8 Å². The number of carbonyl (C=O) groups is 2. The van der Waals surface area contributed by atoms with Crippen molar-refractivity contribution in [3.63, 3.8) is 0 Å². The highest BCUT2D eigenvalue weighted by Gasteiger charge is 2.35. The summed E-state index contributed by atoms with van der Waals surface area (Å²) < 4.78 is 0. The number of hydrogen-bond donors (Lipinski definition) is 2. The van der Waals surface area contributed by atoms with Crippen LogP contribution in [0.1, 0.15) is 19.8 Å². The molecule has 1 aliphatic heterocycles. The van der Waals surface area contributed by atoms with Gasteiger partial charge < -0.3 is 5.32 Å². The van der Waals surface area contributed by atoms with E-state index in [2.05, 4.69) is 22.8 Å². The summed E-state index contributed by atoms with van der Waals surface area (Å²) in [5.41, 5.74) is 2.54. The van der Waals surface area contributed by atoms with Crippen molar-refractivity contribution in [2.75, 3.05) is 0 Å². The van der Waals surface area contributed by atoms with Crippen LogP contribution in [0.5, 0.6) is 0 Å². The summed E-state index contributed by atoms with van der Waals surface area (Å²) >= 11 is 0. The van der Waals surface area contributed by atoms with E-state index in [4.69, 9.17) is 0 Å². The second kappa shape index (κ2) is 2.83. The molecule has 1 aliphatic carbocycles. The first-order chi connectivity index (χ1) is 6.16. The maximum Gasteiger partial charge on any atom is 0.268 e. The summed E-state index contributed by atoms with van der Waals surface area (Å²) in [6, 6.07) is 0.283. The topological polar surface area (TPSA) is 70.6 Å². The lowest BCUT2D eigenvalue weighted by atomic mass is 10.2. The van der Waals surface area contributed by atoms with Crippen LogP contribution in [0, 0.1) is 5.92 Å². The summed E-state index contributed by atoms with van der Waals surface area (Å²) in [5, 5.41) is 6.43. The maximum atomic E-state index is 11.4. The molecule has 1 heterocycles. The third-order valence-electron chi connectivity index (χ3n) is 2.33. The largest absolute Gasteiger partial charge is 0.348 e. The molecule has 0 aromatic carbocycles. The van der Waals surface area contributed by atoms with Crippen molar-refractivity contribution in [1.82, 2.24) is 10.7 Å². The van der Waals surface area contributed by atoms with Gasteiger partial charge in [0.05, 0.1) is 6.42 Å². The molecule has 13 heavy (non-hydrogen) atoms. The van der Waals surface area contributed by atoms with Crippen molar-refractivity contribution < 1.29 is 9.59 Å². The molecule has 5 heteroatoms. The Morgan fingerprint density at radius 3 is 2.85 bits per heavy atom. The van der Waals surface area contributed by atoms with Gasteiger partial charge in [0.1, 0.15) is 5.71 Å². The number of hydrogen-bond acceptors (Lipinski definition) is 3. The third-order valence-corrected chi connectivity index (χ3v) is 2.33. The van der Waals surface area contributed by atoms with Gasteiger partial charge >= 0.3 is 0 Å². The van der Waals surface area contributed by atoms with E-state index in [-0.39, 0.29) is 24.3 Å². The zero-order valence-electron chi connectivity index (χ0n) is 7.33. The second-order valence-corrected chi connectivity index (χ2v) is 3.56. The fourth-order valence-corrected chi connectivity index (χ4v) is 1.27. The van der Waals surface area contributed by atoms with E-state index in [1.54, 1.807) is 0 Å². The lowest BCUT2D eigenvalue weighted by molar-refractivity contribution is -0.120. The number of amides is 2. The van der Waals surface area contributed by atoms with Crippen molar-refractivity contribution in [3.05, 3.63) is 0 Å². The number of nitrogens with one attached hydrogen (secondary N) is 2. The van der Waals surface area contributed by atoms with Crippen LogP contribution in [-0.2, 0) is 9.59 Å². The van der Waals surface area contributed by atoms with E-state index in [0.29, 0.717) is 11.6 Å². The van der Waals surface area contributed by atoms with Gasteiger partial charge in [-0.1, -0.05) is 6.92 Å². The predicted octanol–water partition coefficient (Wildman–Crippen LogP) is -0.613. The molecule has 5 nitrogen and oxygen atoms in total. The normalized spacial score (nSPS) is 30.8. The van der Waals surface area contributed by atoms with E-state index in [1.807, 2.05) is 0 Å². The van der Waals surface area contributed by atoms with Crippen molar-refractivity contribution >= 4 is 17.5 Å². The van der Waals surface area contributed by atoms with Crippen LogP contribution in [-0.4, -0.2) is 23.6 Å². The van der Waals surface area contributed by atoms with Crippen molar-refractivity contribution in [2.24, 2.45) is 11.0 Å². The second-order valence-electron chi connectivity index (χ2n) is 3.56. The van der Waals surface area contributed by atoms with E-state index in [1.165, 1.54) is 0 Å². The zero-order chi connectivity index (χ0) is 9.42. The molecule has 1 fully saturated rings. The van der Waals surface area contributed by atoms with Crippen molar-refractivity contribution in [3.8, 4) is 0 Å². The van der Waals surface area contributed by atoms with Crippen LogP contribution in [0.4, 0.5) is 0 Å². The SMILES string of the molecule is CC1CC1NC(=O)C1=NNC(=O)C1. The lowest BCUT2D eigenvalue weighted by Gasteiger charge is -2.00. The quantitative estimate of drug-likeness (QED) is 0.596. The lowest BCUT2D eigenvalue weighted by Crippen LogP contribution is -2.32. The van der Waals surface area contributed by atoms with Gasteiger partial charge in [0, 0.05) is 6.04 Å². The highest BCUT2D eigenvalue weighted by Crippen LogP contribution is 2.28. The van der Waals surface area contributed by atoms with Crippen LogP contribution in [0.25, 0.3) is 0 Å².